The highest BCUT2D eigenvalue weighted by atomic mass is 16.1. The summed E-state index contributed by atoms with van der Waals surface area (Å²) in [5, 5.41) is 5.63. The summed E-state index contributed by atoms with van der Waals surface area (Å²) in [6.45, 7) is 4.73. The number of ketones is 1. The highest BCUT2D eigenvalue weighted by Crippen LogP contribution is 2.20. The number of carbonyl (C=O) groups excluding carboxylic acids is 1. The standard InChI is InChI=1S/C17H17N3O/c1-3-20-16-7-5-4-6-14(16)15(19-20)11-17(21)13-8-9-18-12(2)10-13/h4-10H,3,11H2,1-2H3. The second kappa shape index (κ2) is 5.48. The summed E-state index contributed by atoms with van der Waals surface area (Å²) in [7, 11) is 0. The Morgan fingerprint density at radius 3 is 2.81 bits per heavy atom. The summed E-state index contributed by atoms with van der Waals surface area (Å²) in [5.41, 5.74) is 3.46. The number of rotatable bonds is 4. The van der Waals surface area contributed by atoms with Gasteiger partial charge in [0.25, 0.3) is 0 Å². The van der Waals surface area contributed by atoms with Crippen molar-refractivity contribution < 1.29 is 4.79 Å². The first kappa shape index (κ1) is 13.5. The maximum atomic E-state index is 12.4. The zero-order valence-corrected chi connectivity index (χ0v) is 12.2. The van der Waals surface area contributed by atoms with Crippen LogP contribution in [0.2, 0.25) is 0 Å². The van der Waals surface area contributed by atoms with E-state index < -0.39 is 0 Å². The topological polar surface area (TPSA) is 47.8 Å². The summed E-state index contributed by atoms with van der Waals surface area (Å²) in [6, 6.07) is 11.6. The molecule has 0 radical (unpaired) electrons. The first-order valence-corrected chi connectivity index (χ1v) is 7.09. The molecule has 1 aromatic carbocycles. The Hall–Kier alpha value is -2.49. The number of Topliss-reactive ketones (excluding diaryl/α,β-unsaturated/α-hetero) is 1. The van der Waals surface area contributed by atoms with E-state index in [9.17, 15) is 4.79 Å². The van der Waals surface area contributed by atoms with Gasteiger partial charge < -0.3 is 0 Å². The third-order valence-corrected chi connectivity index (χ3v) is 3.58. The summed E-state index contributed by atoms with van der Waals surface area (Å²) in [6.07, 6.45) is 1.99. The Morgan fingerprint density at radius 1 is 1.24 bits per heavy atom. The fraction of sp³-hybridized carbons (Fsp3) is 0.235. The number of nitrogens with zero attached hydrogens (tertiary/aromatic N) is 3. The molecule has 0 fully saturated rings. The molecule has 0 N–H and O–H groups in total. The van der Waals surface area contributed by atoms with Crippen molar-refractivity contribution in [1.82, 2.24) is 14.8 Å². The molecular weight excluding hydrogens is 262 g/mol. The summed E-state index contributed by atoms with van der Waals surface area (Å²) in [5.74, 6) is 0.0759. The Balaban J connectivity index is 1.97. The SMILES string of the molecule is CCn1nc(CC(=O)c2ccnc(C)c2)c2ccccc21. The largest absolute Gasteiger partial charge is 0.294 e. The second-order valence-electron chi connectivity index (χ2n) is 5.07. The molecule has 21 heavy (non-hydrogen) atoms. The van der Waals surface area contributed by atoms with Gasteiger partial charge in [0.05, 0.1) is 17.6 Å². The maximum absolute atomic E-state index is 12.4. The van der Waals surface area contributed by atoms with Gasteiger partial charge in [0.15, 0.2) is 5.78 Å². The van der Waals surface area contributed by atoms with E-state index in [0.29, 0.717) is 12.0 Å². The molecule has 0 aliphatic rings. The van der Waals surface area contributed by atoms with Gasteiger partial charge in [-0.1, -0.05) is 18.2 Å². The van der Waals surface area contributed by atoms with Gasteiger partial charge in [-0.3, -0.25) is 14.5 Å². The second-order valence-corrected chi connectivity index (χ2v) is 5.07. The first-order valence-electron chi connectivity index (χ1n) is 7.09. The number of hydrogen-bond donors (Lipinski definition) is 0. The predicted molar refractivity (Wildman–Crippen MR) is 82.4 cm³/mol. The Morgan fingerprint density at radius 2 is 2.05 bits per heavy atom. The van der Waals surface area contributed by atoms with Crippen molar-refractivity contribution in [2.45, 2.75) is 26.8 Å². The molecule has 3 rings (SSSR count). The van der Waals surface area contributed by atoms with Crippen LogP contribution in [0.15, 0.2) is 42.6 Å². The van der Waals surface area contributed by atoms with Crippen LogP contribution in [0.4, 0.5) is 0 Å². The van der Waals surface area contributed by atoms with E-state index in [0.717, 1.165) is 28.8 Å². The molecule has 0 bridgehead atoms. The van der Waals surface area contributed by atoms with Gasteiger partial charge in [-0.05, 0) is 32.0 Å². The fourth-order valence-corrected chi connectivity index (χ4v) is 2.54. The van der Waals surface area contributed by atoms with Crippen LogP contribution in [0.25, 0.3) is 10.9 Å². The monoisotopic (exact) mass is 279 g/mol. The van der Waals surface area contributed by atoms with Gasteiger partial charge >= 0.3 is 0 Å². The fourth-order valence-electron chi connectivity index (χ4n) is 2.54. The number of pyridine rings is 1. The van der Waals surface area contributed by atoms with E-state index in [-0.39, 0.29) is 5.78 Å². The minimum atomic E-state index is 0.0759. The normalized spacial score (nSPS) is 11.0. The van der Waals surface area contributed by atoms with Gasteiger partial charge in [-0.25, -0.2) is 0 Å². The molecule has 2 aromatic heterocycles. The van der Waals surface area contributed by atoms with Crippen molar-refractivity contribution in [3.8, 4) is 0 Å². The van der Waals surface area contributed by atoms with Crippen molar-refractivity contribution in [3.63, 3.8) is 0 Å². The molecule has 0 saturated heterocycles. The Bertz CT molecular complexity index is 805. The molecule has 2 heterocycles. The van der Waals surface area contributed by atoms with Gasteiger partial charge in [0.2, 0.25) is 0 Å². The molecule has 0 spiro atoms. The minimum Gasteiger partial charge on any atom is -0.294 e. The maximum Gasteiger partial charge on any atom is 0.169 e. The lowest BCUT2D eigenvalue weighted by molar-refractivity contribution is 0.0992. The van der Waals surface area contributed by atoms with Crippen LogP contribution in [0.1, 0.15) is 28.7 Å². The van der Waals surface area contributed by atoms with E-state index in [1.165, 1.54) is 0 Å². The van der Waals surface area contributed by atoms with Gasteiger partial charge in [-0.2, -0.15) is 5.10 Å². The van der Waals surface area contributed by atoms with Crippen LogP contribution in [-0.4, -0.2) is 20.5 Å². The number of benzene rings is 1. The van der Waals surface area contributed by atoms with Crippen LogP contribution < -0.4 is 0 Å². The lowest BCUT2D eigenvalue weighted by Gasteiger charge is -2.00. The zero-order valence-electron chi connectivity index (χ0n) is 12.2. The predicted octanol–water partition coefficient (Wildman–Crippen LogP) is 3.19. The third kappa shape index (κ3) is 2.57. The average molecular weight is 279 g/mol. The number of fused-ring (bicyclic) bond motifs is 1. The van der Waals surface area contributed by atoms with Gasteiger partial charge in [0, 0.05) is 29.4 Å². The smallest absolute Gasteiger partial charge is 0.169 e. The number of aromatic nitrogens is 3. The van der Waals surface area contributed by atoms with E-state index >= 15 is 0 Å². The van der Waals surface area contributed by atoms with Gasteiger partial charge in [-0.15, -0.1) is 0 Å². The van der Waals surface area contributed by atoms with E-state index in [1.807, 2.05) is 41.9 Å². The average Bonchev–Trinajstić information content (AvgIpc) is 2.85. The number of hydrogen-bond acceptors (Lipinski definition) is 3. The van der Waals surface area contributed by atoms with Crippen molar-refractivity contribution >= 4 is 16.7 Å². The molecule has 0 aliphatic heterocycles. The number of carbonyl (C=O) groups is 1. The van der Waals surface area contributed by atoms with Gasteiger partial charge in [0.1, 0.15) is 0 Å². The van der Waals surface area contributed by atoms with Crippen molar-refractivity contribution in [1.29, 1.82) is 0 Å². The molecular formula is C17H17N3O. The number of para-hydroxylation sites is 1. The molecule has 0 saturated carbocycles. The lowest BCUT2D eigenvalue weighted by atomic mass is 10.0. The molecule has 0 unspecified atom stereocenters. The van der Waals surface area contributed by atoms with Crippen molar-refractivity contribution in [3.05, 3.63) is 59.5 Å². The molecule has 106 valence electrons. The highest BCUT2D eigenvalue weighted by molar-refractivity contribution is 5.99. The quantitative estimate of drug-likeness (QED) is 0.689. The van der Waals surface area contributed by atoms with Crippen LogP contribution in [0.3, 0.4) is 0 Å². The van der Waals surface area contributed by atoms with Crippen LogP contribution in [0.5, 0.6) is 0 Å². The molecule has 0 amide bonds. The lowest BCUT2D eigenvalue weighted by Crippen LogP contribution is -2.06. The summed E-state index contributed by atoms with van der Waals surface area (Å²) < 4.78 is 1.94. The molecule has 4 heteroatoms. The Kier molecular flexibility index (Phi) is 3.52. The zero-order chi connectivity index (χ0) is 14.8. The van der Waals surface area contributed by atoms with E-state index in [1.54, 1.807) is 12.3 Å². The molecule has 4 nitrogen and oxygen atoms in total. The summed E-state index contributed by atoms with van der Waals surface area (Å²) in [4.78, 5) is 16.6. The molecule has 0 aliphatic carbocycles. The van der Waals surface area contributed by atoms with Crippen LogP contribution in [0, 0.1) is 6.92 Å². The van der Waals surface area contributed by atoms with Crippen molar-refractivity contribution in [2.24, 2.45) is 0 Å². The highest BCUT2D eigenvalue weighted by Gasteiger charge is 2.14. The molecule has 3 aromatic rings. The minimum absolute atomic E-state index is 0.0759. The third-order valence-electron chi connectivity index (χ3n) is 3.58. The molecule has 0 atom stereocenters. The van der Waals surface area contributed by atoms with Crippen LogP contribution in [-0.2, 0) is 13.0 Å². The Labute approximate surface area is 123 Å². The summed E-state index contributed by atoms with van der Waals surface area (Å²) >= 11 is 0. The van der Waals surface area contributed by atoms with Crippen molar-refractivity contribution in [2.75, 3.05) is 0 Å². The first-order chi connectivity index (χ1) is 10.2. The number of aryl methyl sites for hydroxylation is 2. The van der Waals surface area contributed by atoms with Crippen LogP contribution >= 0.6 is 0 Å². The van der Waals surface area contributed by atoms with E-state index in [4.69, 9.17) is 0 Å². The van der Waals surface area contributed by atoms with E-state index in [2.05, 4.69) is 17.0 Å².